The van der Waals surface area contributed by atoms with Crippen LogP contribution in [0.25, 0.3) is 21.9 Å². The van der Waals surface area contributed by atoms with Crippen molar-refractivity contribution in [3.63, 3.8) is 0 Å². The minimum atomic E-state index is -0.000333. The Morgan fingerprint density at radius 1 is 0.630 bits per heavy atom. The summed E-state index contributed by atoms with van der Waals surface area (Å²) in [5.41, 5.74) is 9.08. The van der Waals surface area contributed by atoms with Gasteiger partial charge in [0.15, 0.2) is 0 Å². The normalized spacial score (nSPS) is 14.0. The van der Waals surface area contributed by atoms with Crippen molar-refractivity contribution >= 4 is 22.1 Å². The largest absolute Gasteiger partial charge is 0.356 e. The zero-order valence-corrected chi connectivity index (χ0v) is 16.0. The van der Waals surface area contributed by atoms with E-state index in [1.165, 1.54) is 38.6 Å². The molecule has 27 heavy (non-hydrogen) atoms. The molecule has 4 aromatic rings. The van der Waals surface area contributed by atoms with Gasteiger partial charge in [0, 0.05) is 16.8 Å². The summed E-state index contributed by atoms with van der Waals surface area (Å²) in [6, 6.07) is 28.7. The van der Waals surface area contributed by atoms with Gasteiger partial charge in [0.25, 0.3) is 0 Å². The van der Waals surface area contributed by atoms with Gasteiger partial charge in [-0.25, -0.2) is 0 Å². The van der Waals surface area contributed by atoms with Crippen LogP contribution in [0.4, 0.5) is 11.4 Å². The molecular formula is C26H23N. The van der Waals surface area contributed by atoms with E-state index in [-0.39, 0.29) is 5.41 Å². The Balaban J connectivity index is 1.61. The fourth-order valence-electron chi connectivity index (χ4n) is 4.30. The third-order valence-corrected chi connectivity index (χ3v) is 5.88. The molecule has 0 amide bonds. The summed E-state index contributed by atoms with van der Waals surface area (Å²) in [6.45, 7) is 6.78. The molecule has 0 saturated carbocycles. The van der Waals surface area contributed by atoms with Gasteiger partial charge in [0.2, 0.25) is 0 Å². The zero-order chi connectivity index (χ0) is 18.6. The molecule has 0 aliphatic heterocycles. The van der Waals surface area contributed by atoms with Gasteiger partial charge >= 0.3 is 0 Å². The molecule has 1 nitrogen and oxygen atoms in total. The smallest absolute Gasteiger partial charge is 0.0387 e. The van der Waals surface area contributed by atoms with E-state index in [9.17, 15) is 0 Å². The van der Waals surface area contributed by atoms with E-state index in [1.54, 1.807) is 0 Å². The second-order valence-corrected chi connectivity index (χ2v) is 8.12. The second-order valence-electron chi connectivity index (χ2n) is 8.12. The summed E-state index contributed by atoms with van der Waals surface area (Å²) in [5.74, 6) is 0. The third kappa shape index (κ3) is 2.54. The van der Waals surface area contributed by atoms with Crippen molar-refractivity contribution in [3.8, 4) is 11.1 Å². The van der Waals surface area contributed by atoms with E-state index in [0.717, 1.165) is 11.4 Å². The molecule has 0 atom stereocenters. The average Bonchev–Trinajstić information content (AvgIpc) is 2.89. The lowest BCUT2D eigenvalue weighted by Gasteiger charge is -2.22. The van der Waals surface area contributed by atoms with Crippen molar-refractivity contribution in [1.29, 1.82) is 0 Å². The standard InChI is InChI=1S/C26H23N/c1-17-8-10-20(11-9-17)27-21-12-13-22-23-14-18-6-4-5-7-19(18)15-24(23)26(2,3)25(22)16-21/h4-16,27H,1-3H3. The summed E-state index contributed by atoms with van der Waals surface area (Å²) in [5, 5.41) is 6.18. The first-order valence-corrected chi connectivity index (χ1v) is 9.54. The quantitative estimate of drug-likeness (QED) is 0.403. The lowest BCUT2D eigenvalue weighted by atomic mass is 9.82. The second kappa shape index (κ2) is 5.72. The number of fused-ring (bicyclic) bond motifs is 4. The number of hydrogen-bond acceptors (Lipinski definition) is 1. The first kappa shape index (κ1) is 16.1. The van der Waals surface area contributed by atoms with Crippen molar-refractivity contribution in [3.05, 3.63) is 95.6 Å². The van der Waals surface area contributed by atoms with Crippen LogP contribution in [0.15, 0.2) is 78.9 Å². The molecule has 1 N–H and O–H groups in total. The molecule has 4 aromatic carbocycles. The number of hydrogen-bond donors (Lipinski definition) is 1. The third-order valence-electron chi connectivity index (χ3n) is 5.88. The van der Waals surface area contributed by atoms with Crippen LogP contribution in [0.5, 0.6) is 0 Å². The Kier molecular flexibility index (Phi) is 3.42. The van der Waals surface area contributed by atoms with Gasteiger partial charge in [0.1, 0.15) is 0 Å². The van der Waals surface area contributed by atoms with Crippen LogP contribution < -0.4 is 5.32 Å². The molecule has 0 heterocycles. The van der Waals surface area contributed by atoms with Gasteiger partial charge in [-0.3, -0.25) is 0 Å². The molecule has 0 radical (unpaired) electrons. The highest BCUT2D eigenvalue weighted by Gasteiger charge is 2.35. The van der Waals surface area contributed by atoms with Crippen LogP contribution in [0.1, 0.15) is 30.5 Å². The summed E-state index contributed by atoms with van der Waals surface area (Å²) in [4.78, 5) is 0. The molecule has 1 aliphatic carbocycles. The van der Waals surface area contributed by atoms with Crippen LogP contribution in [0.3, 0.4) is 0 Å². The maximum Gasteiger partial charge on any atom is 0.0387 e. The van der Waals surface area contributed by atoms with Crippen molar-refractivity contribution < 1.29 is 0 Å². The van der Waals surface area contributed by atoms with E-state index in [0.29, 0.717) is 0 Å². The number of rotatable bonds is 2. The highest BCUT2D eigenvalue weighted by atomic mass is 14.9. The summed E-state index contributed by atoms with van der Waals surface area (Å²) >= 11 is 0. The Labute approximate surface area is 160 Å². The van der Waals surface area contributed by atoms with Gasteiger partial charge in [0.05, 0.1) is 0 Å². The highest BCUT2D eigenvalue weighted by Crippen LogP contribution is 2.50. The Morgan fingerprint density at radius 3 is 2.00 bits per heavy atom. The first-order chi connectivity index (χ1) is 13.0. The summed E-state index contributed by atoms with van der Waals surface area (Å²) < 4.78 is 0. The van der Waals surface area contributed by atoms with E-state index >= 15 is 0 Å². The van der Waals surface area contributed by atoms with Gasteiger partial charge in [-0.15, -0.1) is 0 Å². The van der Waals surface area contributed by atoms with E-state index in [4.69, 9.17) is 0 Å². The van der Waals surface area contributed by atoms with Crippen LogP contribution in [0, 0.1) is 6.92 Å². The van der Waals surface area contributed by atoms with E-state index in [1.807, 2.05) is 0 Å². The van der Waals surface area contributed by atoms with E-state index in [2.05, 4.69) is 105 Å². The lowest BCUT2D eigenvalue weighted by Crippen LogP contribution is -2.15. The maximum absolute atomic E-state index is 3.56. The molecule has 0 saturated heterocycles. The molecule has 0 unspecified atom stereocenters. The molecule has 0 bridgehead atoms. The van der Waals surface area contributed by atoms with Crippen molar-refractivity contribution in [2.45, 2.75) is 26.2 Å². The molecule has 0 aromatic heterocycles. The van der Waals surface area contributed by atoms with Gasteiger partial charge in [-0.2, -0.15) is 0 Å². The minimum absolute atomic E-state index is 0.000333. The van der Waals surface area contributed by atoms with Crippen LogP contribution in [-0.2, 0) is 5.41 Å². The predicted molar refractivity (Wildman–Crippen MR) is 116 cm³/mol. The fourth-order valence-corrected chi connectivity index (χ4v) is 4.30. The molecule has 0 fully saturated rings. The topological polar surface area (TPSA) is 12.0 Å². The van der Waals surface area contributed by atoms with Crippen LogP contribution in [-0.4, -0.2) is 0 Å². The highest BCUT2D eigenvalue weighted by molar-refractivity contribution is 5.94. The van der Waals surface area contributed by atoms with Gasteiger partial charge < -0.3 is 5.32 Å². The molecule has 1 heteroatoms. The predicted octanol–water partition coefficient (Wildman–Crippen LogP) is 7.20. The Hall–Kier alpha value is -3.06. The number of anilines is 2. The maximum atomic E-state index is 3.56. The van der Waals surface area contributed by atoms with Crippen molar-refractivity contribution in [2.24, 2.45) is 0 Å². The molecular weight excluding hydrogens is 326 g/mol. The molecule has 0 spiro atoms. The monoisotopic (exact) mass is 349 g/mol. The van der Waals surface area contributed by atoms with Crippen molar-refractivity contribution in [2.75, 3.05) is 5.32 Å². The van der Waals surface area contributed by atoms with Crippen LogP contribution >= 0.6 is 0 Å². The molecule has 5 rings (SSSR count). The van der Waals surface area contributed by atoms with Gasteiger partial charge in [-0.1, -0.05) is 61.9 Å². The number of aryl methyl sites for hydroxylation is 1. The lowest BCUT2D eigenvalue weighted by molar-refractivity contribution is 0.661. The summed E-state index contributed by atoms with van der Waals surface area (Å²) in [7, 11) is 0. The van der Waals surface area contributed by atoms with E-state index < -0.39 is 0 Å². The van der Waals surface area contributed by atoms with Crippen molar-refractivity contribution in [1.82, 2.24) is 0 Å². The van der Waals surface area contributed by atoms with Crippen LogP contribution in [0.2, 0.25) is 0 Å². The number of nitrogens with one attached hydrogen (secondary N) is 1. The van der Waals surface area contributed by atoms with Gasteiger partial charge in [-0.05, 0) is 76.3 Å². The fraction of sp³-hybridized carbons (Fsp3) is 0.154. The molecule has 132 valence electrons. The summed E-state index contributed by atoms with van der Waals surface area (Å²) in [6.07, 6.45) is 0. The Bertz CT molecular complexity index is 1170. The SMILES string of the molecule is Cc1ccc(Nc2ccc3c(c2)C(C)(C)c2cc4ccccc4cc2-3)cc1. The molecule has 1 aliphatic rings. The Morgan fingerprint density at radius 2 is 1.26 bits per heavy atom. The number of benzene rings is 4. The average molecular weight is 349 g/mol. The zero-order valence-electron chi connectivity index (χ0n) is 16.0. The minimum Gasteiger partial charge on any atom is -0.356 e. The first-order valence-electron chi connectivity index (χ1n) is 9.54.